The summed E-state index contributed by atoms with van der Waals surface area (Å²) in [6.07, 6.45) is 0.614. The standard InChI is InChI=1S/C23H23FO4S/c1-4-11-29(3,27)20-9-7-19(8-10-20)28-23-15(2)17(13-22(25)26)12-16-5-6-18(24)14-21(16)23/h5-10,12,14H,3-4,11,13H2,1-2H3,(H,25,26). The molecule has 3 rings (SSSR count). The van der Waals surface area contributed by atoms with Crippen LogP contribution in [0.4, 0.5) is 4.39 Å². The Kier molecular flexibility index (Phi) is 5.94. The molecule has 3 aromatic rings. The molecule has 0 saturated carbocycles. The summed E-state index contributed by atoms with van der Waals surface area (Å²) in [5.74, 6) is 3.89. The SMILES string of the molecule is C=S(=O)(CCC)c1ccc(Oc2c(C)c(CC(=O)O)cc3ccc(F)cc23)cc1. The van der Waals surface area contributed by atoms with Gasteiger partial charge in [0, 0.05) is 16.0 Å². The molecule has 1 atom stereocenters. The highest BCUT2D eigenvalue weighted by molar-refractivity contribution is 8.00. The maximum atomic E-state index is 13.9. The third kappa shape index (κ3) is 4.59. The zero-order chi connectivity index (χ0) is 21.2. The molecular weight excluding hydrogens is 391 g/mol. The highest BCUT2D eigenvalue weighted by Gasteiger charge is 2.16. The Balaban J connectivity index is 2.06. The average molecular weight is 414 g/mol. The number of ether oxygens (including phenoxy) is 1. The molecule has 152 valence electrons. The molecule has 0 aliphatic heterocycles. The molecule has 0 bridgehead atoms. The van der Waals surface area contributed by atoms with Crippen molar-refractivity contribution in [2.45, 2.75) is 31.6 Å². The molecule has 0 aromatic heterocycles. The van der Waals surface area contributed by atoms with Crippen molar-refractivity contribution in [3.05, 3.63) is 65.5 Å². The molecule has 6 heteroatoms. The van der Waals surface area contributed by atoms with E-state index in [0.29, 0.717) is 44.0 Å². The molecule has 0 fully saturated rings. The Morgan fingerprint density at radius 3 is 2.48 bits per heavy atom. The number of aliphatic carboxylic acids is 1. The van der Waals surface area contributed by atoms with E-state index in [1.807, 2.05) is 6.92 Å². The monoisotopic (exact) mass is 414 g/mol. The molecule has 0 heterocycles. The Morgan fingerprint density at radius 1 is 1.17 bits per heavy atom. The summed E-state index contributed by atoms with van der Waals surface area (Å²) >= 11 is 0. The van der Waals surface area contributed by atoms with Crippen LogP contribution in [0.2, 0.25) is 0 Å². The smallest absolute Gasteiger partial charge is 0.307 e. The number of benzene rings is 3. The van der Waals surface area contributed by atoms with E-state index in [2.05, 4.69) is 5.87 Å². The van der Waals surface area contributed by atoms with Crippen molar-refractivity contribution >= 4 is 32.1 Å². The normalized spacial score (nSPS) is 13.2. The zero-order valence-corrected chi connectivity index (χ0v) is 17.2. The second-order valence-corrected chi connectivity index (χ2v) is 9.52. The molecule has 29 heavy (non-hydrogen) atoms. The first kappa shape index (κ1) is 20.9. The molecule has 0 aliphatic carbocycles. The van der Waals surface area contributed by atoms with E-state index in [-0.39, 0.29) is 6.42 Å². The zero-order valence-electron chi connectivity index (χ0n) is 16.4. The lowest BCUT2D eigenvalue weighted by Crippen LogP contribution is -2.05. The predicted octanol–water partition coefficient (Wildman–Crippen LogP) is 5.19. The summed E-state index contributed by atoms with van der Waals surface area (Å²) in [4.78, 5) is 11.9. The predicted molar refractivity (Wildman–Crippen MR) is 115 cm³/mol. The van der Waals surface area contributed by atoms with Crippen LogP contribution in [-0.2, 0) is 20.7 Å². The lowest BCUT2D eigenvalue weighted by molar-refractivity contribution is -0.136. The Bertz CT molecular complexity index is 1170. The fourth-order valence-electron chi connectivity index (χ4n) is 3.29. The van der Waals surface area contributed by atoms with Crippen molar-refractivity contribution in [1.82, 2.24) is 0 Å². The number of hydrogen-bond acceptors (Lipinski definition) is 3. The summed E-state index contributed by atoms with van der Waals surface area (Å²) in [5, 5.41) is 10.5. The fraction of sp³-hybridized carbons (Fsp3) is 0.217. The van der Waals surface area contributed by atoms with E-state index in [1.165, 1.54) is 12.1 Å². The molecule has 0 amide bonds. The molecule has 0 spiro atoms. The van der Waals surface area contributed by atoms with Crippen LogP contribution in [0.15, 0.2) is 53.4 Å². The minimum absolute atomic E-state index is 0.158. The molecular formula is C23H23FO4S. The number of hydrogen-bond donors (Lipinski definition) is 1. The highest BCUT2D eigenvalue weighted by Crippen LogP contribution is 2.36. The number of rotatable bonds is 7. The van der Waals surface area contributed by atoms with E-state index >= 15 is 0 Å². The summed E-state index contributed by atoms with van der Waals surface area (Å²) in [6.45, 7) is 3.72. The number of fused-ring (bicyclic) bond motifs is 1. The second-order valence-electron chi connectivity index (χ2n) is 7.02. The molecule has 1 N–H and O–H groups in total. The van der Waals surface area contributed by atoms with Gasteiger partial charge in [0.15, 0.2) is 0 Å². The third-order valence-electron chi connectivity index (χ3n) is 4.76. The van der Waals surface area contributed by atoms with Crippen LogP contribution in [0.3, 0.4) is 0 Å². The van der Waals surface area contributed by atoms with Crippen molar-refractivity contribution in [3.8, 4) is 11.5 Å². The van der Waals surface area contributed by atoms with Gasteiger partial charge in [-0.25, -0.2) is 4.39 Å². The molecule has 1 unspecified atom stereocenters. The van der Waals surface area contributed by atoms with Crippen LogP contribution < -0.4 is 4.74 Å². The van der Waals surface area contributed by atoms with Gasteiger partial charge in [-0.3, -0.25) is 9.00 Å². The fourth-order valence-corrected chi connectivity index (χ4v) is 4.82. The van der Waals surface area contributed by atoms with Gasteiger partial charge in [-0.2, -0.15) is 0 Å². The van der Waals surface area contributed by atoms with E-state index < -0.39 is 21.3 Å². The maximum Gasteiger partial charge on any atom is 0.307 e. The Labute approximate surface area is 170 Å². The Hall–Kier alpha value is -2.86. The molecule has 4 nitrogen and oxygen atoms in total. The van der Waals surface area contributed by atoms with Gasteiger partial charge < -0.3 is 9.84 Å². The van der Waals surface area contributed by atoms with Gasteiger partial charge in [0.25, 0.3) is 0 Å². The third-order valence-corrected chi connectivity index (χ3v) is 6.96. The van der Waals surface area contributed by atoms with Crippen LogP contribution in [0, 0.1) is 12.7 Å². The molecule has 3 aromatic carbocycles. The van der Waals surface area contributed by atoms with Crippen molar-refractivity contribution in [2.75, 3.05) is 5.75 Å². The van der Waals surface area contributed by atoms with Gasteiger partial charge in [-0.05, 0) is 81.6 Å². The van der Waals surface area contributed by atoms with Crippen LogP contribution in [0.25, 0.3) is 10.8 Å². The first-order valence-corrected chi connectivity index (χ1v) is 11.2. The summed E-state index contributed by atoms with van der Waals surface area (Å²) in [6, 6.07) is 12.9. The first-order valence-electron chi connectivity index (χ1n) is 9.27. The lowest BCUT2D eigenvalue weighted by Gasteiger charge is -2.16. The van der Waals surface area contributed by atoms with Gasteiger partial charge >= 0.3 is 5.97 Å². The van der Waals surface area contributed by atoms with Gasteiger partial charge in [0.1, 0.15) is 17.3 Å². The van der Waals surface area contributed by atoms with Gasteiger partial charge in [0.2, 0.25) is 0 Å². The van der Waals surface area contributed by atoms with E-state index in [4.69, 9.17) is 4.74 Å². The number of halogens is 1. The van der Waals surface area contributed by atoms with E-state index in [1.54, 1.807) is 43.3 Å². The second kappa shape index (κ2) is 8.25. The largest absolute Gasteiger partial charge is 0.481 e. The van der Waals surface area contributed by atoms with E-state index in [9.17, 15) is 18.5 Å². The van der Waals surface area contributed by atoms with Crippen molar-refractivity contribution < 1.29 is 23.2 Å². The van der Waals surface area contributed by atoms with Crippen molar-refractivity contribution in [1.29, 1.82) is 0 Å². The minimum atomic E-state index is -2.34. The summed E-state index contributed by atoms with van der Waals surface area (Å²) < 4.78 is 32.5. The van der Waals surface area contributed by atoms with Crippen molar-refractivity contribution in [2.24, 2.45) is 0 Å². The topological polar surface area (TPSA) is 63.6 Å². The van der Waals surface area contributed by atoms with Crippen LogP contribution >= 0.6 is 0 Å². The molecule has 0 saturated heterocycles. The van der Waals surface area contributed by atoms with Gasteiger partial charge in [-0.1, -0.05) is 19.1 Å². The average Bonchev–Trinajstić information content (AvgIpc) is 2.65. The summed E-state index contributed by atoms with van der Waals surface area (Å²) in [7, 11) is -2.34. The van der Waals surface area contributed by atoms with Gasteiger partial charge in [-0.15, -0.1) is 0 Å². The highest BCUT2D eigenvalue weighted by atomic mass is 32.2. The Morgan fingerprint density at radius 2 is 1.86 bits per heavy atom. The number of carboxylic acids is 1. The number of carboxylic acid groups (broad SMARTS) is 1. The first-order chi connectivity index (χ1) is 13.7. The molecule has 0 radical (unpaired) electrons. The van der Waals surface area contributed by atoms with E-state index in [0.717, 1.165) is 6.42 Å². The maximum absolute atomic E-state index is 13.9. The van der Waals surface area contributed by atoms with Gasteiger partial charge in [0.05, 0.1) is 6.42 Å². The van der Waals surface area contributed by atoms with Crippen LogP contribution in [0.5, 0.6) is 11.5 Å². The van der Waals surface area contributed by atoms with Crippen LogP contribution in [-0.4, -0.2) is 26.9 Å². The quantitative estimate of drug-likeness (QED) is 0.540. The lowest BCUT2D eigenvalue weighted by atomic mass is 9.98. The van der Waals surface area contributed by atoms with Crippen molar-refractivity contribution in [3.63, 3.8) is 0 Å². The van der Waals surface area contributed by atoms with Crippen LogP contribution in [0.1, 0.15) is 24.5 Å². The number of carbonyl (C=O) groups is 1. The molecule has 0 aliphatic rings. The summed E-state index contributed by atoms with van der Waals surface area (Å²) in [5.41, 5.74) is 1.24. The minimum Gasteiger partial charge on any atom is -0.481 e.